The number of amides is 2. The maximum Gasteiger partial charge on any atom is 0.277 e. The standard InChI is InChI=1S/C27H21N5O3S3/c33-21(17-37-26-31-30-25(35-26)19-12-6-2-7-13-19)29-23-22(24(34)28-16-18-10-4-1-5-11-18)38-27(36)32(23)20-14-8-3-9-15-20/h1-15H,16-17H2,(H,28,34)(H,29,33). The van der Waals surface area contributed by atoms with Crippen LogP contribution in [0.5, 0.6) is 0 Å². The molecule has 0 aliphatic heterocycles. The lowest BCUT2D eigenvalue weighted by atomic mass is 10.2. The van der Waals surface area contributed by atoms with Gasteiger partial charge in [0, 0.05) is 17.8 Å². The Morgan fingerprint density at radius 2 is 1.58 bits per heavy atom. The highest BCUT2D eigenvalue weighted by atomic mass is 32.2. The summed E-state index contributed by atoms with van der Waals surface area (Å²) in [5.74, 6) is 0.0223. The van der Waals surface area contributed by atoms with E-state index in [1.54, 1.807) is 4.57 Å². The predicted molar refractivity (Wildman–Crippen MR) is 151 cm³/mol. The van der Waals surface area contributed by atoms with Crippen LogP contribution in [-0.4, -0.2) is 32.3 Å². The van der Waals surface area contributed by atoms with Gasteiger partial charge >= 0.3 is 0 Å². The molecule has 0 spiro atoms. The molecule has 0 radical (unpaired) electrons. The lowest BCUT2D eigenvalue weighted by molar-refractivity contribution is -0.113. The minimum atomic E-state index is -0.343. The van der Waals surface area contributed by atoms with E-state index in [-0.39, 0.29) is 22.8 Å². The molecule has 11 heteroatoms. The van der Waals surface area contributed by atoms with Crippen molar-refractivity contribution in [2.24, 2.45) is 0 Å². The molecule has 38 heavy (non-hydrogen) atoms. The van der Waals surface area contributed by atoms with Crippen molar-refractivity contribution in [3.05, 3.63) is 105 Å². The summed E-state index contributed by atoms with van der Waals surface area (Å²) >= 11 is 7.84. The SMILES string of the molecule is O=C(CSc1nnc(-c2ccccc2)o1)Nc1c(C(=O)NCc2ccccc2)sc(=S)n1-c1ccccc1. The third-order valence-electron chi connectivity index (χ3n) is 5.34. The minimum Gasteiger partial charge on any atom is -0.411 e. The van der Waals surface area contributed by atoms with Crippen molar-refractivity contribution >= 4 is 52.9 Å². The number of rotatable bonds is 9. The number of carbonyl (C=O) groups excluding carboxylic acids is 2. The summed E-state index contributed by atoms with van der Waals surface area (Å²) in [4.78, 5) is 26.5. The molecule has 2 heterocycles. The van der Waals surface area contributed by atoms with Gasteiger partial charge in [-0.2, -0.15) is 0 Å². The van der Waals surface area contributed by atoms with Gasteiger partial charge in [0.25, 0.3) is 11.1 Å². The van der Waals surface area contributed by atoms with Gasteiger partial charge in [0.05, 0.1) is 5.75 Å². The number of hydrogen-bond acceptors (Lipinski definition) is 8. The first-order valence-electron chi connectivity index (χ1n) is 11.5. The summed E-state index contributed by atoms with van der Waals surface area (Å²) in [6.07, 6.45) is 0. The van der Waals surface area contributed by atoms with Gasteiger partial charge in [-0.15, -0.1) is 10.2 Å². The highest BCUT2D eigenvalue weighted by molar-refractivity contribution is 7.99. The third kappa shape index (κ3) is 6.08. The van der Waals surface area contributed by atoms with E-state index >= 15 is 0 Å². The van der Waals surface area contributed by atoms with Crippen LogP contribution in [0.15, 0.2) is 101 Å². The lowest BCUT2D eigenvalue weighted by Gasteiger charge is -2.12. The molecule has 0 aliphatic carbocycles. The molecule has 5 rings (SSSR count). The number of para-hydroxylation sites is 1. The van der Waals surface area contributed by atoms with E-state index in [0.29, 0.717) is 27.1 Å². The zero-order chi connectivity index (χ0) is 26.3. The molecular weight excluding hydrogens is 539 g/mol. The number of carbonyl (C=O) groups is 2. The zero-order valence-electron chi connectivity index (χ0n) is 19.9. The van der Waals surface area contributed by atoms with Gasteiger partial charge in [0.2, 0.25) is 11.8 Å². The second-order valence-corrected chi connectivity index (χ2v) is 10.5. The minimum absolute atomic E-state index is 0.00110. The second-order valence-electron chi connectivity index (χ2n) is 7.96. The van der Waals surface area contributed by atoms with Crippen molar-refractivity contribution < 1.29 is 14.0 Å². The van der Waals surface area contributed by atoms with Crippen LogP contribution in [0.3, 0.4) is 0 Å². The quantitative estimate of drug-likeness (QED) is 0.169. The fraction of sp³-hybridized carbons (Fsp3) is 0.0741. The fourth-order valence-corrected chi connectivity index (χ4v) is 5.45. The van der Waals surface area contributed by atoms with Gasteiger partial charge in [-0.25, -0.2) is 0 Å². The smallest absolute Gasteiger partial charge is 0.277 e. The van der Waals surface area contributed by atoms with Crippen molar-refractivity contribution in [3.63, 3.8) is 0 Å². The highest BCUT2D eigenvalue weighted by Gasteiger charge is 2.22. The Bertz CT molecular complexity index is 1600. The Kier molecular flexibility index (Phi) is 8.07. The number of aromatic nitrogens is 3. The van der Waals surface area contributed by atoms with Crippen LogP contribution < -0.4 is 10.6 Å². The molecule has 0 aliphatic rings. The van der Waals surface area contributed by atoms with Crippen molar-refractivity contribution in [2.45, 2.75) is 11.8 Å². The van der Waals surface area contributed by atoms with Gasteiger partial charge in [-0.1, -0.05) is 89.8 Å². The third-order valence-corrected chi connectivity index (χ3v) is 7.53. The van der Waals surface area contributed by atoms with Gasteiger partial charge in [-0.3, -0.25) is 14.2 Å². The summed E-state index contributed by atoms with van der Waals surface area (Å²) in [6.45, 7) is 0.347. The van der Waals surface area contributed by atoms with Crippen LogP contribution in [0.1, 0.15) is 15.2 Å². The second kappa shape index (κ2) is 12.0. The average molecular weight is 560 g/mol. The van der Waals surface area contributed by atoms with Gasteiger partial charge < -0.3 is 15.1 Å². The molecule has 2 amide bonds. The van der Waals surface area contributed by atoms with Crippen LogP contribution in [0.2, 0.25) is 0 Å². The maximum atomic E-state index is 13.2. The molecule has 0 saturated carbocycles. The normalized spacial score (nSPS) is 10.7. The summed E-state index contributed by atoms with van der Waals surface area (Å²) in [5, 5.41) is 14.1. The number of nitrogens with one attached hydrogen (secondary N) is 2. The van der Waals surface area contributed by atoms with Crippen LogP contribution in [0.4, 0.5) is 5.82 Å². The Hall–Kier alpha value is -4.06. The fourth-order valence-electron chi connectivity index (χ4n) is 3.57. The van der Waals surface area contributed by atoms with Crippen molar-refractivity contribution in [1.82, 2.24) is 20.1 Å². The van der Waals surface area contributed by atoms with E-state index in [4.69, 9.17) is 16.6 Å². The molecular formula is C27H21N5O3S3. The Balaban J connectivity index is 1.34. The maximum absolute atomic E-state index is 13.2. The lowest BCUT2D eigenvalue weighted by Crippen LogP contribution is -2.25. The molecule has 8 nitrogen and oxygen atoms in total. The Morgan fingerprint density at radius 3 is 2.29 bits per heavy atom. The molecule has 2 N–H and O–H groups in total. The number of thiazole rings is 1. The number of hydrogen-bond donors (Lipinski definition) is 2. The molecule has 0 atom stereocenters. The van der Waals surface area contributed by atoms with Crippen LogP contribution in [-0.2, 0) is 11.3 Å². The van der Waals surface area contributed by atoms with Crippen molar-refractivity contribution in [3.8, 4) is 17.1 Å². The van der Waals surface area contributed by atoms with E-state index in [1.807, 2.05) is 91.0 Å². The largest absolute Gasteiger partial charge is 0.411 e. The zero-order valence-corrected chi connectivity index (χ0v) is 22.3. The van der Waals surface area contributed by atoms with E-state index in [0.717, 1.165) is 39.9 Å². The molecule has 0 bridgehead atoms. The van der Waals surface area contributed by atoms with Crippen molar-refractivity contribution in [2.75, 3.05) is 11.1 Å². The molecule has 0 fully saturated rings. The highest BCUT2D eigenvalue weighted by Crippen LogP contribution is 2.30. The molecule has 0 saturated heterocycles. The van der Waals surface area contributed by atoms with E-state index in [1.165, 1.54) is 0 Å². The molecule has 2 aromatic heterocycles. The molecule has 3 aromatic carbocycles. The van der Waals surface area contributed by atoms with Crippen LogP contribution in [0.25, 0.3) is 17.1 Å². The average Bonchev–Trinajstić information content (AvgIpc) is 3.56. The van der Waals surface area contributed by atoms with Gasteiger partial charge in [0.1, 0.15) is 10.7 Å². The Morgan fingerprint density at radius 1 is 0.921 bits per heavy atom. The number of anilines is 1. The first-order valence-corrected chi connectivity index (χ1v) is 13.7. The molecule has 190 valence electrons. The monoisotopic (exact) mass is 559 g/mol. The predicted octanol–water partition coefficient (Wildman–Crippen LogP) is 5.98. The van der Waals surface area contributed by atoms with Crippen molar-refractivity contribution in [1.29, 1.82) is 0 Å². The van der Waals surface area contributed by atoms with Gasteiger partial charge in [-0.05, 0) is 42.0 Å². The summed E-state index contributed by atoms with van der Waals surface area (Å²) < 4.78 is 7.81. The number of nitrogens with zero attached hydrogens (tertiary/aromatic N) is 3. The first-order chi connectivity index (χ1) is 18.6. The molecule has 5 aromatic rings. The number of benzene rings is 3. The topological polar surface area (TPSA) is 102 Å². The summed E-state index contributed by atoms with van der Waals surface area (Å²) in [6, 6.07) is 28.3. The summed E-state index contributed by atoms with van der Waals surface area (Å²) in [5.41, 5.74) is 2.49. The van der Waals surface area contributed by atoms with E-state index in [9.17, 15) is 9.59 Å². The molecule has 0 unspecified atom stereocenters. The summed E-state index contributed by atoms with van der Waals surface area (Å²) in [7, 11) is 0. The first kappa shape index (κ1) is 25.6. The van der Waals surface area contributed by atoms with Crippen LogP contribution >= 0.6 is 35.3 Å². The number of thioether (sulfide) groups is 1. The van der Waals surface area contributed by atoms with Gasteiger partial charge in [0.15, 0.2) is 3.95 Å². The van der Waals surface area contributed by atoms with E-state index < -0.39 is 0 Å². The van der Waals surface area contributed by atoms with Crippen LogP contribution in [0, 0.1) is 3.95 Å². The van der Waals surface area contributed by atoms with E-state index in [2.05, 4.69) is 20.8 Å². The Labute approximate surface area is 231 Å².